The zero-order chi connectivity index (χ0) is 14.7. The van der Waals surface area contributed by atoms with E-state index in [4.69, 9.17) is 23.2 Å². The van der Waals surface area contributed by atoms with E-state index >= 15 is 0 Å². The van der Waals surface area contributed by atoms with E-state index < -0.39 is 0 Å². The van der Waals surface area contributed by atoms with E-state index in [1.165, 1.54) is 0 Å². The lowest BCUT2D eigenvalue weighted by Crippen LogP contribution is -2.26. The molecule has 0 amide bonds. The topological polar surface area (TPSA) is 29.9 Å². The molecule has 1 unspecified atom stereocenters. The Kier molecular flexibility index (Phi) is 5.08. The van der Waals surface area contributed by atoms with Gasteiger partial charge in [0.1, 0.15) is 0 Å². The lowest BCUT2D eigenvalue weighted by molar-refractivity contribution is 0.553. The van der Waals surface area contributed by atoms with Gasteiger partial charge in [-0.25, -0.2) is 0 Å². The fraction of sp³-hybridized carbons (Fsp3) is 0.400. The minimum Gasteiger partial charge on any atom is -0.305 e. The lowest BCUT2D eigenvalue weighted by Gasteiger charge is -2.21. The Morgan fingerprint density at radius 3 is 2.70 bits per heavy atom. The summed E-state index contributed by atoms with van der Waals surface area (Å²) in [7, 11) is 1.89. The van der Waals surface area contributed by atoms with Crippen molar-refractivity contribution in [3.8, 4) is 0 Å². The highest BCUT2D eigenvalue weighted by Gasteiger charge is 2.23. The Bertz CT molecular complexity index is 573. The van der Waals surface area contributed by atoms with Gasteiger partial charge in [-0.1, -0.05) is 48.3 Å². The Morgan fingerprint density at radius 1 is 1.35 bits per heavy atom. The molecule has 3 nitrogen and oxygen atoms in total. The van der Waals surface area contributed by atoms with Crippen LogP contribution in [-0.2, 0) is 7.05 Å². The van der Waals surface area contributed by atoms with Crippen LogP contribution in [-0.4, -0.2) is 16.3 Å². The van der Waals surface area contributed by atoms with Gasteiger partial charge in [-0.2, -0.15) is 5.10 Å². The van der Waals surface area contributed by atoms with Gasteiger partial charge in [0, 0.05) is 12.1 Å². The minimum atomic E-state index is -0.0534. The average molecular weight is 312 g/mol. The van der Waals surface area contributed by atoms with Gasteiger partial charge < -0.3 is 5.32 Å². The number of nitrogens with zero attached hydrogens (tertiary/aromatic N) is 2. The predicted molar refractivity (Wildman–Crippen MR) is 84.5 cm³/mol. The van der Waals surface area contributed by atoms with Gasteiger partial charge in [0.15, 0.2) is 0 Å². The molecule has 0 saturated heterocycles. The summed E-state index contributed by atoms with van der Waals surface area (Å²) in [6, 6.07) is 6.00. The van der Waals surface area contributed by atoms with Crippen LogP contribution in [0.25, 0.3) is 0 Å². The third kappa shape index (κ3) is 3.00. The highest BCUT2D eigenvalue weighted by Crippen LogP contribution is 2.33. The van der Waals surface area contributed by atoms with Crippen LogP contribution in [0.2, 0.25) is 10.0 Å². The van der Waals surface area contributed by atoms with Crippen molar-refractivity contribution in [3.63, 3.8) is 0 Å². The molecule has 0 fully saturated rings. The monoisotopic (exact) mass is 311 g/mol. The van der Waals surface area contributed by atoms with E-state index in [2.05, 4.69) is 17.3 Å². The smallest absolute Gasteiger partial charge is 0.0837 e. The van der Waals surface area contributed by atoms with Crippen LogP contribution in [0.4, 0.5) is 0 Å². The molecule has 0 spiro atoms. The quantitative estimate of drug-likeness (QED) is 0.900. The second-order valence-electron chi connectivity index (χ2n) is 4.87. The van der Waals surface area contributed by atoms with E-state index in [1.807, 2.05) is 32.2 Å². The van der Waals surface area contributed by atoms with Crippen LogP contribution in [0.15, 0.2) is 24.4 Å². The second-order valence-corrected chi connectivity index (χ2v) is 5.65. The first-order chi connectivity index (χ1) is 9.56. The molecule has 2 rings (SSSR count). The molecule has 0 saturated carbocycles. The van der Waals surface area contributed by atoms with Crippen LogP contribution in [0.5, 0.6) is 0 Å². The van der Waals surface area contributed by atoms with Crippen LogP contribution >= 0.6 is 23.2 Å². The second kappa shape index (κ2) is 6.61. The Balaban J connectivity index is 2.50. The first kappa shape index (κ1) is 15.4. The van der Waals surface area contributed by atoms with Gasteiger partial charge in [-0.3, -0.25) is 4.68 Å². The first-order valence-corrected chi connectivity index (χ1v) is 7.47. The summed E-state index contributed by atoms with van der Waals surface area (Å²) in [4.78, 5) is 0. The highest BCUT2D eigenvalue weighted by atomic mass is 35.5. The van der Waals surface area contributed by atoms with Gasteiger partial charge >= 0.3 is 0 Å². The summed E-state index contributed by atoms with van der Waals surface area (Å²) in [5.41, 5.74) is 3.03. The third-order valence-electron chi connectivity index (χ3n) is 3.34. The molecular formula is C15H19Cl2N3. The van der Waals surface area contributed by atoms with Crippen LogP contribution < -0.4 is 5.32 Å². The fourth-order valence-corrected chi connectivity index (χ4v) is 2.79. The number of hydrogen-bond donors (Lipinski definition) is 1. The summed E-state index contributed by atoms with van der Waals surface area (Å²) in [6.07, 6.45) is 2.70. The number of aryl methyl sites for hydroxylation is 2. The largest absolute Gasteiger partial charge is 0.305 e. The average Bonchev–Trinajstić information content (AvgIpc) is 2.75. The van der Waals surface area contributed by atoms with E-state index in [1.54, 1.807) is 10.9 Å². The number of halogens is 2. The summed E-state index contributed by atoms with van der Waals surface area (Å²) in [6.45, 7) is 5.02. The number of rotatable bonds is 5. The lowest BCUT2D eigenvalue weighted by atomic mass is 10.0. The maximum atomic E-state index is 6.48. The molecule has 108 valence electrons. The number of benzene rings is 1. The van der Waals surface area contributed by atoms with Gasteiger partial charge in [0.25, 0.3) is 0 Å². The molecule has 1 aromatic heterocycles. The van der Waals surface area contributed by atoms with Gasteiger partial charge in [-0.15, -0.1) is 0 Å². The molecule has 0 bridgehead atoms. The Morgan fingerprint density at radius 2 is 2.10 bits per heavy atom. The van der Waals surface area contributed by atoms with Gasteiger partial charge in [-0.05, 0) is 31.0 Å². The third-order valence-corrected chi connectivity index (χ3v) is 4.15. The maximum absolute atomic E-state index is 6.48. The molecule has 0 aliphatic rings. The van der Waals surface area contributed by atoms with Gasteiger partial charge in [0.2, 0.25) is 0 Å². The number of hydrogen-bond acceptors (Lipinski definition) is 2. The summed E-state index contributed by atoms with van der Waals surface area (Å²) >= 11 is 12.8. The highest BCUT2D eigenvalue weighted by molar-refractivity contribution is 6.32. The summed E-state index contributed by atoms with van der Waals surface area (Å²) < 4.78 is 1.80. The molecule has 1 aromatic carbocycles. The van der Waals surface area contributed by atoms with Crippen molar-refractivity contribution >= 4 is 23.2 Å². The first-order valence-electron chi connectivity index (χ1n) is 6.72. The van der Waals surface area contributed by atoms with Gasteiger partial charge in [0.05, 0.1) is 23.0 Å². The predicted octanol–water partition coefficient (Wildman–Crippen LogP) is 4.12. The molecule has 1 atom stereocenters. The van der Waals surface area contributed by atoms with E-state index in [9.17, 15) is 0 Å². The van der Waals surface area contributed by atoms with E-state index in [0.29, 0.717) is 5.02 Å². The van der Waals surface area contributed by atoms with Crippen LogP contribution in [0.1, 0.15) is 36.2 Å². The Hall–Kier alpha value is -1.03. The maximum Gasteiger partial charge on any atom is 0.0837 e. The van der Waals surface area contributed by atoms with Crippen molar-refractivity contribution in [2.24, 2.45) is 7.05 Å². The molecule has 0 aliphatic heterocycles. The molecule has 2 aromatic rings. The summed E-state index contributed by atoms with van der Waals surface area (Å²) in [5.74, 6) is 0. The van der Waals surface area contributed by atoms with E-state index in [0.717, 1.165) is 34.8 Å². The number of aromatic nitrogens is 2. The zero-order valence-electron chi connectivity index (χ0n) is 12.0. The Labute approximate surface area is 129 Å². The van der Waals surface area contributed by atoms with Crippen molar-refractivity contribution < 1.29 is 0 Å². The van der Waals surface area contributed by atoms with Crippen molar-refractivity contribution in [3.05, 3.63) is 51.3 Å². The molecule has 1 heterocycles. The van der Waals surface area contributed by atoms with Crippen LogP contribution in [0.3, 0.4) is 0 Å². The molecule has 1 N–H and O–H groups in total. The van der Waals surface area contributed by atoms with Crippen molar-refractivity contribution in [2.45, 2.75) is 26.3 Å². The zero-order valence-corrected chi connectivity index (χ0v) is 13.5. The standard InChI is InChI=1S/C15H19Cl2N3/c1-4-8-18-14(15-12(16)9-19-20(15)3)11-7-5-6-10(2)13(11)17/h5-7,9,14,18H,4,8H2,1-3H3. The SMILES string of the molecule is CCCNC(c1cccc(C)c1Cl)c1c(Cl)cnn1C. The molecular weight excluding hydrogens is 293 g/mol. The molecule has 0 radical (unpaired) electrons. The normalized spacial score (nSPS) is 12.7. The summed E-state index contributed by atoms with van der Waals surface area (Å²) in [5, 5.41) is 9.16. The van der Waals surface area contributed by atoms with Crippen molar-refractivity contribution in [2.75, 3.05) is 6.54 Å². The van der Waals surface area contributed by atoms with E-state index in [-0.39, 0.29) is 6.04 Å². The molecule has 0 aliphatic carbocycles. The van der Waals surface area contributed by atoms with Crippen molar-refractivity contribution in [1.29, 1.82) is 0 Å². The number of nitrogens with one attached hydrogen (secondary N) is 1. The van der Waals surface area contributed by atoms with Crippen LogP contribution in [0, 0.1) is 6.92 Å². The minimum absolute atomic E-state index is 0.0534. The van der Waals surface area contributed by atoms with Crippen molar-refractivity contribution in [1.82, 2.24) is 15.1 Å². The molecule has 20 heavy (non-hydrogen) atoms. The fourth-order valence-electron chi connectivity index (χ4n) is 2.28. The molecule has 5 heteroatoms.